The first-order valence-corrected chi connectivity index (χ1v) is 15.2. The molecule has 2 spiro atoms. The summed E-state index contributed by atoms with van der Waals surface area (Å²) in [4.78, 5) is 60.1. The van der Waals surface area contributed by atoms with Gasteiger partial charge in [0.15, 0.2) is 11.5 Å². The highest BCUT2D eigenvalue weighted by Gasteiger charge is 2.74. The average Bonchev–Trinajstić information content (AvgIpc) is 3.35. The molecule has 2 aromatic carbocycles. The summed E-state index contributed by atoms with van der Waals surface area (Å²) in [7, 11) is 4.51. The third kappa shape index (κ3) is 6.30. The van der Waals surface area contributed by atoms with Crippen molar-refractivity contribution in [1.29, 1.82) is 0 Å². The van der Waals surface area contributed by atoms with Gasteiger partial charge in [-0.15, -0.1) is 0 Å². The molecule has 14 heteroatoms. The van der Waals surface area contributed by atoms with Crippen LogP contribution in [0.4, 0.5) is 0 Å². The van der Waals surface area contributed by atoms with Crippen LogP contribution < -0.4 is 14.2 Å². The first-order chi connectivity index (χ1) is 23.6. The second-order valence-corrected chi connectivity index (χ2v) is 11.3. The van der Waals surface area contributed by atoms with Crippen molar-refractivity contribution in [2.45, 2.75) is 31.8 Å². The van der Waals surface area contributed by atoms with Gasteiger partial charge >= 0.3 is 35.7 Å². The Bertz CT molecular complexity index is 1810. The summed E-state index contributed by atoms with van der Waals surface area (Å²) < 4.78 is 40.1. The predicted octanol–water partition coefficient (Wildman–Crippen LogP) is 3.02. The van der Waals surface area contributed by atoms with E-state index in [1.54, 1.807) is 30.5 Å². The number of ether oxygens (including phenoxy) is 7. The van der Waals surface area contributed by atoms with Gasteiger partial charge in [0.1, 0.15) is 0 Å². The van der Waals surface area contributed by atoms with Crippen molar-refractivity contribution in [3.05, 3.63) is 95.7 Å². The highest BCUT2D eigenvalue weighted by Crippen LogP contribution is 2.46. The number of methoxy groups -OCH3 is 3. The van der Waals surface area contributed by atoms with E-state index >= 15 is 0 Å². The van der Waals surface area contributed by atoms with Crippen LogP contribution in [0.5, 0.6) is 17.2 Å². The fraction of sp³-hybridized carbons (Fsp3) is 0.286. The number of hydrogen-bond donors (Lipinski definition) is 0. The van der Waals surface area contributed by atoms with E-state index in [0.29, 0.717) is 34.1 Å². The van der Waals surface area contributed by atoms with E-state index in [1.165, 1.54) is 31.1 Å². The van der Waals surface area contributed by atoms with Gasteiger partial charge in [-0.1, -0.05) is 29.8 Å². The molecule has 3 aliphatic rings. The van der Waals surface area contributed by atoms with Crippen LogP contribution in [-0.2, 0) is 51.2 Å². The largest absolute Gasteiger partial charge is 0.493 e. The summed E-state index contributed by atoms with van der Waals surface area (Å²) in [6.07, 6.45) is 5.12. The van der Waals surface area contributed by atoms with Gasteiger partial charge in [0.25, 0.3) is 0 Å². The molecule has 1 aromatic heterocycles. The van der Waals surface area contributed by atoms with E-state index in [-0.39, 0.29) is 26.2 Å². The molecule has 3 aliphatic heterocycles. The number of hydrogen-bond acceptors (Lipinski definition) is 14. The molecular weight excluding hydrogens is 638 g/mol. The number of aryl methyl sites for hydroxylation is 1. The number of esters is 4. The number of benzene rings is 2. The van der Waals surface area contributed by atoms with Crippen LogP contribution >= 0.6 is 0 Å². The molecule has 6 rings (SSSR count). The molecule has 4 heterocycles. The van der Waals surface area contributed by atoms with Crippen molar-refractivity contribution in [1.82, 2.24) is 14.8 Å². The number of rotatable bonds is 8. The number of aromatic nitrogens is 1. The minimum atomic E-state index is -2.60. The second-order valence-electron chi connectivity index (χ2n) is 11.3. The Morgan fingerprint density at radius 2 is 1.16 bits per heavy atom. The molecule has 0 unspecified atom stereocenters. The molecule has 0 saturated carbocycles. The Hall–Kier alpha value is -5.73. The number of carbonyl (C=O) groups is 4. The lowest BCUT2D eigenvalue weighted by Crippen LogP contribution is -2.80. The summed E-state index contributed by atoms with van der Waals surface area (Å²) in [6, 6.07) is 14.5. The van der Waals surface area contributed by atoms with E-state index in [9.17, 15) is 19.2 Å². The number of fused-ring (bicyclic) bond motifs is 1. The van der Waals surface area contributed by atoms with Crippen LogP contribution in [0.15, 0.2) is 79.0 Å². The second kappa shape index (κ2) is 13.4. The molecule has 0 atom stereocenters. The molecule has 49 heavy (non-hydrogen) atoms. The quantitative estimate of drug-likeness (QED) is 0.323. The number of carbonyl (C=O) groups excluding carboxylic acids is 4. The highest BCUT2D eigenvalue weighted by molar-refractivity contribution is 5.95. The minimum absolute atomic E-state index is 0.0525. The molecule has 254 valence electrons. The van der Waals surface area contributed by atoms with Crippen molar-refractivity contribution in [2.75, 3.05) is 34.4 Å². The van der Waals surface area contributed by atoms with E-state index in [4.69, 9.17) is 33.2 Å². The topological polar surface area (TPSA) is 152 Å². The van der Waals surface area contributed by atoms with Crippen LogP contribution in [0.1, 0.15) is 16.7 Å². The van der Waals surface area contributed by atoms with Gasteiger partial charge in [-0.2, -0.15) is 0 Å². The molecule has 14 nitrogen and oxygen atoms in total. The standard InChI is InChI=1S/C35H33N3O11/c1-22-6-5-7-23(16-22)20-37-14-15-38(21-24-12-13-36-26(17-24)25-18-27(43-2)33(45-4)28(19-25)44-3)35(48-31(41)10-11-32(42)49-35)34(37)46-29(39)8-9-30(40)47-34/h5-13,16-19H,14-15,20-21H2,1-4H3. The van der Waals surface area contributed by atoms with Crippen LogP contribution in [0.3, 0.4) is 0 Å². The Labute approximate surface area is 281 Å². The van der Waals surface area contributed by atoms with Crippen molar-refractivity contribution < 1.29 is 52.3 Å². The summed E-state index contributed by atoms with van der Waals surface area (Å²) >= 11 is 0. The zero-order chi connectivity index (χ0) is 34.8. The van der Waals surface area contributed by atoms with Crippen molar-refractivity contribution in [3.8, 4) is 28.5 Å². The summed E-state index contributed by atoms with van der Waals surface area (Å²) in [5.41, 5.74) is 3.50. The fourth-order valence-electron chi connectivity index (χ4n) is 6.02. The maximum atomic E-state index is 13.2. The SMILES string of the molecule is COc1cc(-c2cc(CN3CCN(Cc4cccc(C)c4)C4(OC(=O)C=CC(=O)O4)C34OC(=O)C=CC(=O)O4)ccn2)cc(OC)c1OC. The van der Waals surface area contributed by atoms with Crippen LogP contribution in [0, 0.1) is 6.92 Å². The van der Waals surface area contributed by atoms with Crippen molar-refractivity contribution >= 4 is 23.9 Å². The number of pyridine rings is 1. The Kier molecular flexibility index (Phi) is 9.08. The Morgan fingerprint density at radius 3 is 1.61 bits per heavy atom. The molecule has 0 radical (unpaired) electrons. The lowest BCUT2D eigenvalue weighted by molar-refractivity contribution is -0.465. The number of nitrogens with zero attached hydrogens (tertiary/aromatic N) is 3. The molecule has 3 aromatic rings. The van der Waals surface area contributed by atoms with E-state index in [0.717, 1.165) is 35.4 Å². The van der Waals surface area contributed by atoms with Gasteiger partial charge in [-0.25, -0.2) is 29.0 Å². The van der Waals surface area contributed by atoms with Gasteiger partial charge in [0.2, 0.25) is 5.75 Å². The average molecular weight is 672 g/mol. The zero-order valence-electron chi connectivity index (χ0n) is 27.2. The normalized spacial score (nSPS) is 18.6. The van der Waals surface area contributed by atoms with Crippen LogP contribution in [-0.4, -0.2) is 84.9 Å². The summed E-state index contributed by atoms with van der Waals surface area (Å²) in [6.45, 7) is 2.13. The molecular formula is C35H33N3O11. The highest BCUT2D eigenvalue weighted by atomic mass is 16.8. The summed E-state index contributed by atoms with van der Waals surface area (Å²) in [5, 5.41) is 0. The molecule has 0 amide bonds. The molecule has 0 bridgehead atoms. The van der Waals surface area contributed by atoms with Gasteiger partial charge in [-0.3, -0.25) is 4.98 Å². The lowest BCUT2D eigenvalue weighted by Gasteiger charge is -2.55. The maximum Gasteiger partial charge on any atom is 0.420 e. The van der Waals surface area contributed by atoms with Crippen molar-refractivity contribution in [3.63, 3.8) is 0 Å². The van der Waals surface area contributed by atoms with E-state index < -0.39 is 35.7 Å². The first kappa shape index (κ1) is 33.2. The number of piperazine rings is 1. The molecule has 1 fully saturated rings. The Morgan fingerprint density at radius 1 is 0.673 bits per heavy atom. The van der Waals surface area contributed by atoms with Gasteiger partial charge in [-0.05, 0) is 42.3 Å². The monoisotopic (exact) mass is 671 g/mol. The molecule has 0 N–H and O–H groups in total. The predicted molar refractivity (Wildman–Crippen MR) is 169 cm³/mol. The van der Waals surface area contributed by atoms with Gasteiger partial charge in [0.05, 0.1) is 27.0 Å². The first-order valence-electron chi connectivity index (χ1n) is 15.2. The fourth-order valence-corrected chi connectivity index (χ4v) is 6.02. The van der Waals surface area contributed by atoms with E-state index in [1.807, 2.05) is 31.2 Å². The van der Waals surface area contributed by atoms with Gasteiger partial charge < -0.3 is 33.2 Å². The van der Waals surface area contributed by atoms with Crippen molar-refractivity contribution in [2.24, 2.45) is 0 Å². The zero-order valence-corrected chi connectivity index (χ0v) is 27.2. The third-order valence-corrected chi connectivity index (χ3v) is 8.15. The minimum Gasteiger partial charge on any atom is -0.493 e. The molecule has 0 aliphatic carbocycles. The summed E-state index contributed by atoms with van der Waals surface area (Å²) in [5.74, 6) is -7.88. The van der Waals surface area contributed by atoms with Gasteiger partial charge in [0, 0.05) is 62.2 Å². The smallest absolute Gasteiger partial charge is 0.420 e. The Balaban J connectivity index is 1.46. The van der Waals surface area contributed by atoms with Crippen LogP contribution in [0.25, 0.3) is 11.3 Å². The maximum absolute atomic E-state index is 13.2. The lowest BCUT2D eigenvalue weighted by atomic mass is 10.0. The van der Waals surface area contributed by atoms with Crippen LogP contribution in [0.2, 0.25) is 0 Å². The third-order valence-electron chi connectivity index (χ3n) is 8.15. The van der Waals surface area contributed by atoms with E-state index in [2.05, 4.69) is 4.98 Å². The molecule has 1 saturated heterocycles.